The number of rotatable bonds is 6. The van der Waals surface area contributed by atoms with Gasteiger partial charge < -0.3 is 9.47 Å². The Balaban J connectivity index is 1.79. The van der Waals surface area contributed by atoms with Gasteiger partial charge in [0.25, 0.3) is 5.56 Å². The molecule has 0 saturated carbocycles. The highest BCUT2D eigenvalue weighted by molar-refractivity contribution is 6.32. The Morgan fingerprint density at radius 2 is 1.89 bits per heavy atom. The Morgan fingerprint density at radius 3 is 2.63 bits per heavy atom. The van der Waals surface area contributed by atoms with Gasteiger partial charge in [-0.3, -0.25) is 14.3 Å². The zero-order valence-electron chi connectivity index (χ0n) is 14.0. The summed E-state index contributed by atoms with van der Waals surface area (Å²) in [5, 5.41) is 0.442. The van der Waals surface area contributed by atoms with Gasteiger partial charge in [0.2, 0.25) is 0 Å². The molecule has 0 aliphatic rings. The summed E-state index contributed by atoms with van der Waals surface area (Å²) in [5.41, 5.74) is -0.594. The fourth-order valence-electron chi connectivity index (χ4n) is 2.28. The smallest absolute Gasteiger partial charge is 0.328 e. The topological polar surface area (TPSA) is 77.7 Å². The van der Waals surface area contributed by atoms with Crippen molar-refractivity contribution in [2.45, 2.75) is 6.54 Å². The minimum Gasteiger partial charge on any atom is -0.489 e. The average Bonchev–Trinajstić information content (AvgIpc) is 2.66. The fraction of sp³-hybridized carbons (Fsp3) is 0.105. The van der Waals surface area contributed by atoms with Crippen molar-refractivity contribution < 1.29 is 9.47 Å². The summed E-state index contributed by atoms with van der Waals surface area (Å²) in [4.78, 5) is 28.4. The van der Waals surface area contributed by atoms with Crippen LogP contribution in [0, 0.1) is 6.57 Å². The first-order valence-corrected chi connectivity index (χ1v) is 8.31. The first-order chi connectivity index (χ1) is 13.1. The summed E-state index contributed by atoms with van der Waals surface area (Å²) in [7, 11) is 0. The molecular formula is C19H14ClN3O4. The summed E-state index contributed by atoms with van der Waals surface area (Å²) in [6.45, 7) is 7.50. The lowest BCUT2D eigenvalue weighted by Crippen LogP contribution is -2.30. The normalized spacial score (nSPS) is 10.2. The van der Waals surface area contributed by atoms with Crippen LogP contribution >= 0.6 is 11.6 Å². The van der Waals surface area contributed by atoms with Crippen molar-refractivity contribution in [2.24, 2.45) is 0 Å². The van der Waals surface area contributed by atoms with Crippen molar-refractivity contribution in [2.75, 3.05) is 6.61 Å². The van der Waals surface area contributed by atoms with E-state index in [0.29, 0.717) is 28.0 Å². The molecule has 0 aliphatic heterocycles. The van der Waals surface area contributed by atoms with Gasteiger partial charge in [-0.2, -0.15) is 0 Å². The fourth-order valence-corrected chi connectivity index (χ4v) is 2.46. The molecule has 136 valence electrons. The molecule has 7 nitrogen and oxygen atoms in total. The number of halogens is 1. The maximum absolute atomic E-state index is 11.7. The van der Waals surface area contributed by atoms with E-state index in [1.165, 1.54) is 16.8 Å². The monoisotopic (exact) mass is 383 g/mol. The summed E-state index contributed by atoms with van der Waals surface area (Å²) >= 11 is 6.12. The van der Waals surface area contributed by atoms with E-state index >= 15 is 0 Å². The van der Waals surface area contributed by atoms with E-state index in [2.05, 4.69) is 9.83 Å². The molecule has 1 heterocycles. The van der Waals surface area contributed by atoms with E-state index in [1.54, 1.807) is 42.5 Å². The third-order valence-corrected chi connectivity index (χ3v) is 3.91. The summed E-state index contributed by atoms with van der Waals surface area (Å²) in [6, 6.07) is 13.0. The van der Waals surface area contributed by atoms with E-state index in [4.69, 9.17) is 27.6 Å². The van der Waals surface area contributed by atoms with Crippen molar-refractivity contribution in [1.82, 2.24) is 9.55 Å². The lowest BCUT2D eigenvalue weighted by Gasteiger charge is -2.14. The predicted molar refractivity (Wildman–Crippen MR) is 101 cm³/mol. The first-order valence-electron chi connectivity index (χ1n) is 7.93. The minimum absolute atomic E-state index is 0.131. The maximum Gasteiger partial charge on any atom is 0.328 e. The Hall–Kier alpha value is -3.50. The predicted octanol–water partition coefficient (Wildman–Crippen LogP) is 3.61. The van der Waals surface area contributed by atoms with Crippen molar-refractivity contribution in [3.8, 4) is 17.2 Å². The van der Waals surface area contributed by atoms with Crippen molar-refractivity contribution in [3.63, 3.8) is 0 Å². The number of hydrogen-bond acceptors (Lipinski definition) is 4. The molecule has 2 aromatic carbocycles. The minimum atomic E-state index is -0.520. The van der Waals surface area contributed by atoms with E-state index in [9.17, 15) is 9.59 Å². The molecule has 1 aromatic heterocycles. The molecular weight excluding hydrogens is 370 g/mol. The number of nitrogens with one attached hydrogen (secondary N) is 1. The molecule has 3 aromatic rings. The molecule has 3 rings (SSSR count). The van der Waals surface area contributed by atoms with Crippen LogP contribution in [0.2, 0.25) is 5.02 Å². The van der Waals surface area contributed by atoms with E-state index in [1.807, 2.05) is 0 Å². The zero-order valence-corrected chi connectivity index (χ0v) is 14.8. The van der Waals surface area contributed by atoms with Crippen LogP contribution in [0.25, 0.3) is 4.85 Å². The van der Waals surface area contributed by atoms with Gasteiger partial charge in [0.1, 0.15) is 12.4 Å². The summed E-state index contributed by atoms with van der Waals surface area (Å²) in [6.07, 6.45) is 1.39. The van der Waals surface area contributed by atoms with Crippen LogP contribution in [-0.4, -0.2) is 16.2 Å². The third kappa shape index (κ3) is 4.57. The van der Waals surface area contributed by atoms with Gasteiger partial charge >= 0.3 is 5.69 Å². The quantitative estimate of drug-likeness (QED) is 0.659. The van der Waals surface area contributed by atoms with Crippen LogP contribution < -0.4 is 20.7 Å². The van der Waals surface area contributed by atoms with Crippen molar-refractivity contribution in [1.29, 1.82) is 0 Å². The van der Waals surface area contributed by atoms with E-state index in [0.717, 1.165) is 0 Å². The van der Waals surface area contributed by atoms with Gasteiger partial charge in [-0.1, -0.05) is 29.8 Å². The van der Waals surface area contributed by atoms with Crippen molar-refractivity contribution in [3.05, 3.63) is 92.0 Å². The molecule has 8 heteroatoms. The molecule has 0 unspecified atom stereocenters. The Morgan fingerprint density at radius 1 is 1.07 bits per heavy atom. The largest absolute Gasteiger partial charge is 0.489 e. The average molecular weight is 384 g/mol. The molecule has 0 amide bonds. The lowest BCUT2D eigenvalue weighted by molar-refractivity contribution is 0.283. The molecule has 0 aliphatic carbocycles. The molecule has 0 atom stereocenters. The maximum atomic E-state index is 11.7. The number of ether oxygens (including phenoxy) is 2. The number of para-hydroxylation sites is 1. The molecule has 27 heavy (non-hydrogen) atoms. The third-order valence-electron chi connectivity index (χ3n) is 3.60. The number of H-pyrrole nitrogens is 1. The Labute approximate surface area is 159 Å². The second-order valence-electron chi connectivity index (χ2n) is 5.43. The van der Waals surface area contributed by atoms with Gasteiger partial charge in [-0.25, -0.2) is 9.64 Å². The first kappa shape index (κ1) is 18.3. The Kier molecular flexibility index (Phi) is 5.59. The van der Waals surface area contributed by atoms with Crippen LogP contribution in [0.15, 0.2) is 64.3 Å². The molecule has 0 saturated heterocycles. The van der Waals surface area contributed by atoms with Gasteiger partial charge in [-0.15, -0.1) is 0 Å². The number of hydrogen-bond donors (Lipinski definition) is 1. The summed E-state index contributed by atoms with van der Waals surface area (Å²) < 4.78 is 12.8. The highest BCUT2D eigenvalue weighted by atomic mass is 35.5. The van der Waals surface area contributed by atoms with Gasteiger partial charge in [0.15, 0.2) is 17.2 Å². The molecule has 0 bridgehead atoms. The molecule has 1 N–H and O–H groups in total. The second kappa shape index (κ2) is 8.25. The highest BCUT2D eigenvalue weighted by Crippen LogP contribution is 2.37. The highest BCUT2D eigenvalue weighted by Gasteiger charge is 2.10. The number of benzene rings is 2. The zero-order chi connectivity index (χ0) is 19.2. The van der Waals surface area contributed by atoms with E-state index < -0.39 is 11.2 Å². The number of aromatic amines is 1. The second-order valence-corrected chi connectivity index (χ2v) is 5.83. The van der Waals surface area contributed by atoms with E-state index in [-0.39, 0.29) is 13.2 Å². The van der Waals surface area contributed by atoms with Crippen LogP contribution in [0.4, 0.5) is 5.69 Å². The summed E-state index contributed by atoms with van der Waals surface area (Å²) in [5.74, 6) is 1.20. The Bertz CT molecular complexity index is 1110. The van der Waals surface area contributed by atoms with Crippen LogP contribution in [0.5, 0.6) is 17.2 Å². The lowest BCUT2D eigenvalue weighted by atomic mass is 10.2. The molecule has 0 spiro atoms. The molecule has 0 fully saturated rings. The van der Waals surface area contributed by atoms with Crippen molar-refractivity contribution >= 4 is 17.3 Å². The van der Waals surface area contributed by atoms with Crippen LogP contribution in [-0.2, 0) is 6.54 Å². The van der Waals surface area contributed by atoms with Gasteiger partial charge in [0.05, 0.1) is 18.1 Å². The van der Waals surface area contributed by atoms with Gasteiger partial charge in [-0.05, 0) is 24.3 Å². The molecule has 0 radical (unpaired) electrons. The SMILES string of the molecule is [C-]#[N+]c1ccc(Oc2ccccc2Cl)c(OCCn2ccc(=O)[nH]c2=O)c1. The van der Waals surface area contributed by atoms with Crippen LogP contribution in [0.3, 0.4) is 0 Å². The standard InChI is InChI=1S/C19H14ClN3O4/c1-21-13-6-7-16(27-15-5-3-2-4-14(15)20)17(12-13)26-11-10-23-9-8-18(24)22-19(23)25/h2-9,12H,10-11H2,(H,22,24,25). The number of aromatic nitrogens is 2. The van der Waals surface area contributed by atoms with Crippen LogP contribution in [0.1, 0.15) is 0 Å². The number of nitrogens with zero attached hydrogens (tertiary/aromatic N) is 2. The van der Waals surface area contributed by atoms with Gasteiger partial charge in [0, 0.05) is 12.3 Å².